The van der Waals surface area contributed by atoms with Gasteiger partial charge in [0.05, 0.1) is 25.7 Å². The molecule has 0 fully saturated rings. The molecule has 0 amide bonds. The molecule has 2 heterocycles. The van der Waals surface area contributed by atoms with Gasteiger partial charge in [-0.05, 0) is 87.3 Å². The van der Waals surface area contributed by atoms with Crippen LogP contribution in [0.4, 0.5) is 0 Å². The first-order valence-corrected chi connectivity index (χ1v) is 16.3. The van der Waals surface area contributed by atoms with Gasteiger partial charge < -0.3 is 24.1 Å². The Morgan fingerprint density at radius 1 is 1.16 bits per heavy atom. The number of aryl methyl sites for hydroxylation is 2. The van der Waals surface area contributed by atoms with E-state index in [4.69, 9.17) is 13.7 Å². The van der Waals surface area contributed by atoms with Crippen LogP contribution in [0.2, 0.25) is 0 Å². The standard InChI is InChI=1S/C32H39N5O7S/c1-5-43-31(39)18-27(26-10-11-28-32(21(26)2)34-35-37(28)15-7-6-14-33-3)22-8-12-29(42-4)23(16-22)19-36-20-24-17-25(38)9-13-30(24)44-45(36,40)41/h8-13,16-17,27,33,38H,5-7,14-15,18-20H2,1-4H3. The third-order valence-corrected chi connectivity index (χ3v) is 9.32. The second-order valence-corrected chi connectivity index (χ2v) is 12.5. The van der Waals surface area contributed by atoms with E-state index in [0.29, 0.717) is 16.9 Å². The van der Waals surface area contributed by atoms with Gasteiger partial charge in [0.1, 0.15) is 22.8 Å². The van der Waals surface area contributed by atoms with Crippen LogP contribution in [0.25, 0.3) is 11.0 Å². The molecule has 0 bridgehead atoms. The fraction of sp³-hybridized carbons (Fsp3) is 0.406. The van der Waals surface area contributed by atoms with Gasteiger partial charge in [0.2, 0.25) is 0 Å². The molecule has 1 aliphatic rings. The number of hydrogen-bond donors (Lipinski definition) is 2. The van der Waals surface area contributed by atoms with Gasteiger partial charge in [0.25, 0.3) is 0 Å². The Balaban J connectivity index is 1.51. The molecule has 13 heteroatoms. The largest absolute Gasteiger partial charge is 0.508 e. The molecule has 45 heavy (non-hydrogen) atoms. The van der Waals surface area contributed by atoms with Crippen molar-refractivity contribution in [2.75, 3.05) is 27.3 Å². The maximum atomic E-state index is 13.1. The normalized spacial score (nSPS) is 14.9. The number of aromatic nitrogens is 3. The van der Waals surface area contributed by atoms with Crippen LogP contribution in [-0.4, -0.2) is 66.1 Å². The number of nitrogens with one attached hydrogen (secondary N) is 1. The number of aromatic hydroxyl groups is 1. The summed E-state index contributed by atoms with van der Waals surface area (Å²) in [5, 5.41) is 22.0. The van der Waals surface area contributed by atoms with Crippen molar-refractivity contribution in [2.45, 2.75) is 58.7 Å². The van der Waals surface area contributed by atoms with Gasteiger partial charge in [0.15, 0.2) is 0 Å². The van der Waals surface area contributed by atoms with Crippen molar-refractivity contribution in [3.63, 3.8) is 0 Å². The Kier molecular flexibility index (Phi) is 9.90. The highest BCUT2D eigenvalue weighted by Gasteiger charge is 2.33. The highest BCUT2D eigenvalue weighted by atomic mass is 32.2. The number of carbonyl (C=O) groups is 1. The first-order valence-electron chi connectivity index (χ1n) is 15.0. The summed E-state index contributed by atoms with van der Waals surface area (Å²) in [4.78, 5) is 12.9. The monoisotopic (exact) mass is 637 g/mol. The highest BCUT2D eigenvalue weighted by Crippen LogP contribution is 2.38. The van der Waals surface area contributed by atoms with Crippen molar-refractivity contribution in [1.82, 2.24) is 24.6 Å². The number of esters is 1. The summed E-state index contributed by atoms with van der Waals surface area (Å²) in [6, 6.07) is 13.8. The van der Waals surface area contributed by atoms with Crippen LogP contribution in [0.3, 0.4) is 0 Å². The van der Waals surface area contributed by atoms with Gasteiger partial charge in [0, 0.05) is 36.7 Å². The quantitative estimate of drug-likeness (QED) is 0.162. The van der Waals surface area contributed by atoms with Gasteiger partial charge in [-0.3, -0.25) is 4.79 Å². The Morgan fingerprint density at radius 3 is 2.73 bits per heavy atom. The van der Waals surface area contributed by atoms with Crippen LogP contribution >= 0.6 is 0 Å². The summed E-state index contributed by atoms with van der Waals surface area (Å²) in [7, 11) is -0.671. The van der Waals surface area contributed by atoms with E-state index in [9.17, 15) is 18.3 Å². The molecule has 5 rings (SSSR count). The summed E-state index contributed by atoms with van der Waals surface area (Å²) in [5.74, 6) is -0.0835. The van der Waals surface area contributed by atoms with Crippen molar-refractivity contribution in [3.05, 3.63) is 76.3 Å². The molecule has 1 atom stereocenters. The third kappa shape index (κ3) is 7.05. The molecular weight excluding hydrogens is 598 g/mol. The summed E-state index contributed by atoms with van der Waals surface area (Å²) < 4.78 is 45.5. The zero-order chi connectivity index (χ0) is 32.1. The molecule has 2 N–H and O–H groups in total. The lowest BCUT2D eigenvalue weighted by molar-refractivity contribution is -0.143. The number of rotatable bonds is 13. The van der Waals surface area contributed by atoms with E-state index in [1.807, 2.05) is 42.9 Å². The van der Waals surface area contributed by atoms with E-state index in [-0.39, 0.29) is 43.6 Å². The average Bonchev–Trinajstić information content (AvgIpc) is 3.43. The summed E-state index contributed by atoms with van der Waals surface area (Å²) in [6.45, 7) is 5.63. The van der Waals surface area contributed by atoms with E-state index in [0.717, 1.165) is 53.7 Å². The van der Waals surface area contributed by atoms with Crippen molar-refractivity contribution >= 4 is 27.3 Å². The number of phenols is 1. The van der Waals surface area contributed by atoms with Crippen molar-refractivity contribution in [2.24, 2.45) is 0 Å². The zero-order valence-electron chi connectivity index (χ0n) is 25.9. The lowest BCUT2D eigenvalue weighted by Gasteiger charge is -2.28. The van der Waals surface area contributed by atoms with E-state index >= 15 is 0 Å². The highest BCUT2D eigenvalue weighted by molar-refractivity contribution is 7.84. The van der Waals surface area contributed by atoms with E-state index in [1.165, 1.54) is 29.6 Å². The molecule has 1 aliphatic heterocycles. The smallest absolute Gasteiger partial charge is 0.385 e. The molecular formula is C32H39N5O7S. The number of ether oxygens (including phenoxy) is 2. The first-order chi connectivity index (χ1) is 21.6. The predicted molar refractivity (Wildman–Crippen MR) is 168 cm³/mol. The SMILES string of the molecule is CCOC(=O)CC(c1ccc(OC)c(CN2Cc3cc(O)ccc3OS2(=O)=O)c1)c1ccc2c(nnn2CCCCNC)c1C. The topological polar surface area (TPSA) is 145 Å². The number of unbranched alkanes of at least 4 members (excludes halogenated alkanes) is 1. The summed E-state index contributed by atoms with van der Waals surface area (Å²) in [6.07, 6.45) is 2.06. The Morgan fingerprint density at radius 2 is 1.98 bits per heavy atom. The Bertz CT molecular complexity index is 1790. The van der Waals surface area contributed by atoms with Gasteiger partial charge in [-0.15, -0.1) is 5.10 Å². The molecule has 12 nitrogen and oxygen atoms in total. The first kappa shape index (κ1) is 32.2. The molecule has 240 valence electrons. The van der Waals surface area contributed by atoms with Crippen molar-refractivity contribution in [3.8, 4) is 17.2 Å². The number of fused-ring (bicyclic) bond motifs is 2. The van der Waals surface area contributed by atoms with Crippen molar-refractivity contribution in [1.29, 1.82) is 0 Å². The van der Waals surface area contributed by atoms with Crippen LogP contribution in [0.5, 0.6) is 17.2 Å². The van der Waals surface area contributed by atoms with E-state index < -0.39 is 16.2 Å². The maximum Gasteiger partial charge on any atom is 0.385 e. The summed E-state index contributed by atoms with van der Waals surface area (Å²) in [5.41, 5.74) is 5.41. The van der Waals surface area contributed by atoms with Gasteiger partial charge >= 0.3 is 16.3 Å². The molecule has 0 aliphatic carbocycles. The lowest BCUT2D eigenvalue weighted by Crippen LogP contribution is -2.37. The van der Waals surface area contributed by atoms with Gasteiger partial charge in [-0.25, -0.2) is 4.68 Å². The Hall–Kier alpha value is -4.20. The summed E-state index contributed by atoms with van der Waals surface area (Å²) >= 11 is 0. The molecule has 1 aromatic heterocycles. The molecule has 0 saturated carbocycles. The molecule has 0 spiro atoms. The van der Waals surface area contributed by atoms with Crippen LogP contribution in [-0.2, 0) is 39.5 Å². The number of carbonyl (C=O) groups excluding carboxylic acids is 1. The minimum absolute atomic E-state index is 0.00605. The fourth-order valence-corrected chi connectivity index (χ4v) is 6.84. The second kappa shape index (κ2) is 13.8. The molecule has 1 unspecified atom stereocenters. The number of phenolic OH excluding ortho intramolecular Hbond substituents is 1. The van der Waals surface area contributed by atoms with Crippen LogP contribution < -0.4 is 14.2 Å². The van der Waals surface area contributed by atoms with E-state index in [1.54, 1.807) is 13.0 Å². The number of hydrogen-bond acceptors (Lipinski definition) is 10. The molecule has 3 aromatic carbocycles. The fourth-order valence-electron chi connectivity index (χ4n) is 5.75. The number of methoxy groups -OCH3 is 1. The van der Waals surface area contributed by atoms with Gasteiger partial charge in [-0.2, -0.15) is 12.7 Å². The average molecular weight is 638 g/mol. The van der Waals surface area contributed by atoms with E-state index in [2.05, 4.69) is 15.6 Å². The Labute approximate surface area is 263 Å². The van der Waals surface area contributed by atoms with Crippen LogP contribution in [0.15, 0.2) is 48.5 Å². The lowest BCUT2D eigenvalue weighted by atomic mass is 9.84. The second-order valence-electron chi connectivity index (χ2n) is 11.0. The number of benzene rings is 3. The molecule has 0 radical (unpaired) electrons. The third-order valence-electron chi connectivity index (χ3n) is 8.04. The molecule has 4 aromatic rings. The maximum absolute atomic E-state index is 13.1. The van der Waals surface area contributed by atoms with Crippen molar-refractivity contribution < 1.29 is 32.0 Å². The van der Waals surface area contributed by atoms with Crippen LogP contribution in [0, 0.1) is 6.92 Å². The molecule has 0 saturated heterocycles. The minimum atomic E-state index is -4.12. The minimum Gasteiger partial charge on any atom is -0.508 e. The van der Waals surface area contributed by atoms with Gasteiger partial charge in [-0.1, -0.05) is 23.4 Å². The predicted octanol–water partition coefficient (Wildman–Crippen LogP) is 4.18. The zero-order valence-corrected chi connectivity index (χ0v) is 26.8. The number of nitrogens with zero attached hydrogens (tertiary/aromatic N) is 4. The van der Waals surface area contributed by atoms with Crippen LogP contribution in [0.1, 0.15) is 59.9 Å².